The summed E-state index contributed by atoms with van der Waals surface area (Å²) in [5.41, 5.74) is 3.34. The molecular formula is C44H48O16. The molecule has 4 aromatic carbocycles. The van der Waals surface area contributed by atoms with Gasteiger partial charge in [0.05, 0.1) is 26.2 Å². The summed E-state index contributed by atoms with van der Waals surface area (Å²) in [4.78, 5) is 24.7. The van der Waals surface area contributed by atoms with Gasteiger partial charge in [0.1, 0.15) is 71.6 Å². The Morgan fingerprint density at radius 1 is 0.783 bits per heavy atom. The van der Waals surface area contributed by atoms with Gasteiger partial charge in [-0.1, -0.05) is 66.7 Å². The molecule has 2 fully saturated rings. The molecule has 0 unspecified atom stereocenters. The highest BCUT2D eigenvalue weighted by molar-refractivity contribution is 6.06. The molecule has 0 bridgehead atoms. The van der Waals surface area contributed by atoms with Crippen molar-refractivity contribution in [1.29, 1.82) is 0 Å². The second-order valence-electron chi connectivity index (χ2n) is 14.5. The van der Waals surface area contributed by atoms with Gasteiger partial charge in [0.25, 0.3) is 0 Å². The molecule has 0 aromatic heterocycles. The summed E-state index contributed by atoms with van der Waals surface area (Å²) in [6.45, 7) is 3.00. The lowest BCUT2D eigenvalue weighted by Gasteiger charge is -2.42. The first-order valence-electron chi connectivity index (χ1n) is 19.1. The second-order valence-corrected chi connectivity index (χ2v) is 14.5. The number of Topliss-reactive ketones (excluding diaryl/α,β-unsaturated/α-hetero) is 1. The summed E-state index contributed by atoms with van der Waals surface area (Å²) < 4.78 is 33.1. The molecule has 0 aliphatic carbocycles. The quantitative estimate of drug-likeness (QED) is 0.0845. The first kappa shape index (κ1) is 44.2. The molecule has 3 aliphatic heterocycles. The third-order valence-electron chi connectivity index (χ3n) is 10.4. The van der Waals surface area contributed by atoms with Gasteiger partial charge in [0, 0.05) is 17.7 Å². The van der Waals surface area contributed by atoms with Crippen LogP contribution in [0.15, 0.2) is 91.0 Å². The number of aliphatic hydroxyl groups is 6. The van der Waals surface area contributed by atoms with Crippen LogP contribution in [0.1, 0.15) is 56.9 Å². The van der Waals surface area contributed by atoms with Gasteiger partial charge >= 0.3 is 0 Å². The number of hydrogen-bond acceptors (Lipinski definition) is 16. The van der Waals surface area contributed by atoms with E-state index in [-0.39, 0.29) is 40.8 Å². The Kier molecular flexibility index (Phi) is 14.2. The van der Waals surface area contributed by atoms with E-state index in [1.54, 1.807) is 12.1 Å². The van der Waals surface area contributed by atoms with Crippen LogP contribution < -0.4 is 14.2 Å². The average Bonchev–Trinajstić information content (AvgIpc) is 3.24. The summed E-state index contributed by atoms with van der Waals surface area (Å²) in [7, 11) is 1.39. The van der Waals surface area contributed by atoms with Crippen LogP contribution in [-0.2, 0) is 14.2 Å². The Morgan fingerprint density at radius 2 is 1.47 bits per heavy atom. The Morgan fingerprint density at radius 3 is 2.17 bits per heavy atom. The van der Waals surface area contributed by atoms with Gasteiger partial charge in [-0.05, 0) is 48.7 Å². The molecule has 4 aromatic rings. The van der Waals surface area contributed by atoms with E-state index in [1.807, 2.05) is 67.6 Å². The van der Waals surface area contributed by atoms with E-state index >= 15 is 0 Å². The molecule has 320 valence electrons. The zero-order chi connectivity index (χ0) is 43.2. The number of aliphatic hydroxyl groups excluding tert-OH is 6. The maximum absolute atomic E-state index is 12.9. The second kappa shape index (κ2) is 19.3. The van der Waals surface area contributed by atoms with Crippen molar-refractivity contribution in [3.05, 3.63) is 119 Å². The van der Waals surface area contributed by atoms with E-state index in [0.29, 0.717) is 5.56 Å². The SMILES string of the molecule is COc1ccc([C@@H]2CC(=O)c3c(O)cc(O[C@@H]4O[C@H](CO[C@@H]5O[C@@H](C)[C@H](O)[C@@H](O)[C@H]5O)[C@@H](O)[C@H](O)[C@H]4O)cc3O2)cc1O.Cc1ccccc1/C=C/C(=O)c1ccccc1. The van der Waals surface area contributed by atoms with E-state index in [9.17, 15) is 50.4 Å². The van der Waals surface area contributed by atoms with Gasteiger partial charge in [-0.2, -0.15) is 0 Å². The largest absolute Gasteiger partial charge is 0.507 e. The summed E-state index contributed by atoms with van der Waals surface area (Å²) in [6, 6.07) is 24.2. The number of phenolic OH excluding ortho intramolecular Hbond substituents is 2. The Bertz CT molecular complexity index is 2140. The van der Waals surface area contributed by atoms with Gasteiger partial charge in [-0.3, -0.25) is 9.59 Å². The third-order valence-corrected chi connectivity index (χ3v) is 10.4. The molecule has 7 rings (SSSR count). The molecule has 3 aliphatic rings. The predicted octanol–water partition coefficient (Wildman–Crippen LogP) is 2.73. The fourth-order valence-corrected chi connectivity index (χ4v) is 6.84. The number of hydrogen-bond donors (Lipinski definition) is 8. The Hall–Kier alpha value is -5.40. The normalized spacial score (nSPS) is 28.8. The molecule has 0 spiro atoms. The zero-order valence-corrected chi connectivity index (χ0v) is 32.8. The monoisotopic (exact) mass is 832 g/mol. The van der Waals surface area contributed by atoms with Gasteiger partial charge in [0.15, 0.2) is 29.4 Å². The minimum absolute atomic E-state index is 0.0360. The summed E-state index contributed by atoms with van der Waals surface area (Å²) in [5, 5.41) is 82.2. The fourth-order valence-electron chi connectivity index (χ4n) is 6.84. The van der Waals surface area contributed by atoms with Crippen molar-refractivity contribution >= 4 is 17.6 Å². The molecule has 0 saturated carbocycles. The van der Waals surface area contributed by atoms with Gasteiger partial charge in [-0.15, -0.1) is 0 Å². The lowest BCUT2D eigenvalue weighted by atomic mass is 9.95. The molecular weight excluding hydrogens is 784 g/mol. The van der Waals surface area contributed by atoms with Crippen LogP contribution >= 0.6 is 0 Å². The minimum atomic E-state index is -1.77. The van der Waals surface area contributed by atoms with Crippen molar-refractivity contribution in [2.24, 2.45) is 0 Å². The molecule has 16 heteroatoms. The molecule has 0 radical (unpaired) electrons. The minimum Gasteiger partial charge on any atom is -0.507 e. The van der Waals surface area contributed by atoms with Crippen LogP contribution in [0.4, 0.5) is 0 Å². The first-order valence-corrected chi connectivity index (χ1v) is 19.1. The van der Waals surface area contributed by atoms with Gasteiger partial charge < -0.3 is 69.3 Å². The third kappa shape index (κ3) is 9.96. The van der Waals surface area contributed by atoms with Crippen molar-refractivity contribution in [3.63, 3.8) is 0 Å². The number of ether oxygens (including phenoxy) is 6. The topological polar surface area (TPSA) is 251 Å². The van der Waals surface area contributed by atoms with E-state index in [1.165, 1.54) is 37.8 Å². The number of carbonyl (C=O) groups excluding carboxylic acids is 2. The number of aryl methyl sites for hydroxylation is 1. The Balaban J connectivity index is 0.000000296. The molecule has 11 atom stereocenters. The molecule has 2 saturated heterocycles. The van der Waals surface area contributed by atoms with Crippen molar-refractivity contribution in [3.8, 4) is 28.7 Å². The van der Waals surface area contributed by atoms with Gasteiger partial charge in [0.2, 0.25) is 6.29 Å². The first-order chi connectivity index (χ1) is 28.7. The number of ketones is 2. The predicted molar refractivity (Wildman–Crippen MR) is 212 cm³/mol. The number of methoxy groups -OCH3 is 1. The molecule has 16 nitrogen and oxygen atoms in total. The van der Waals surface area contributed by atoms with Gasteiger partial charge in [-0.25, -0.2) is 0 Å². The van der Waals surface area contributed by atoms with Crippen LogP contribution in [0.25, 0.3) is 6.08 Å². The molecule has 0 amide bonds. The van der Waals surface area contributed by atoms with E-state index in [0.717, 1.165) is 17.2 Å². The molecule has 8 N–H and O–H groups in total. The number of rotatable bonds is 10. The number of carbonyl (C=O) groups is 2. The summed E-state index contributed by atoms with van der Waals surface area (Å²) >= 11 is 0. The zero-order valence-electron chi connectivity index (χ0n) is 32.8. The van der Waals surface area contributed by atoms with Crippen molar-refractivity contribution in [2.75, 3.05) is 13.7 Å². The highest BCUT2D eigenvalue weighted by Gasteiger charge is 2.47. The van der Waals surface area contributed by atoms with E-state index < -0.39 is 85.7 Å². The number of benzene rings is 4. The van der Waals surface area contributed by atoms with Crippen molar-refractivity contribution < 1.29 is 78.9 Å². The molecule has 60 heavy (non-hydrogen) atoms. The van der Waals surface area contributed by atoms with Crippen molar-refractivity contribution in [2.45, 2.75) is 87.8 Å². The maximum atomic E-state index is 12.9. The van der Waals surface area contributed by atoms with Crippen LogP contribution in [-0.4, -0.2) is 128 Å². The van der Waals surface area contributed by atoms with Crippen molar-refractivity contribution in [1.82, 2.24) is 0 Å². The Labute approximate surface area is 345 Å². The van der Waals surface area contributed by atoms with Crippen LogP contribution in [0.3, 0.4) is 0 Å². The van der Waals surface area contributed by atoms with Crippen LogP contribution in [0.2, 0.25) is 0 Å². The fraction of sp³-hybridized carbons (Fsp3) is 0.364. The lowest BCUT2D eigenvalue weighted by Crippen LogP contribution is -2.61. The lowest BCUT2D eigenvalue weighted by molar-refractivity contribution is -0.318. The maximum Gasteiger partial charge on any atom is 0.229 e. The van der Waals surface area contributed by atoms with Crippen LogP contribution in [0, 0.1) is 6.92 Å². The number of aromatic hydroxyl groups is 2. The van der Waals surface area contributed by atoms with E-state index in [2.05, 4.69) is 0 Å². The molecule has 3 heterocycles. The standard InChI is InChI=1S/C28H34O15.C16H14O/c1-10-21(32)23(34)25(36)27(40-10)39-9-19-22(33)24(35)26(37)28(43-19)41-12-6-14(30)20-15(31)8-17(42-18(20)7-12)11-3-4-16(38-2)13(29)5-11;1-13-7-5-6-8-14(13)11-12-16(17)15-9-3-2-4-10-15/h3-7,10,17,19,21-30,32-37H,8-9H2,1-2H3;2-12H,1H3/b;12-11+/t10-,17-,19+,21-,22+,23+,24-,25+,26+,27+,28+;/m0./s1. The van der Waals surface area contributed by atoms with E-state index in [4.69, 9.17) is 28.4 Å². The smallest absolute Gasteiger partial charge is 0.229 e. The average molecular weight is 833 g/mol. The highest BCUT2D eigenvalue weighted by Crippen LogP contribution is 2.43. The number of fused-ring (bicyclic) bond motifs is 1. The van der Waals surface area contributed by atoms with Crippen LogP contribution in [0.5, 0.6) is 28.7 Å². The number of phenols is 2. The summed E-state index contributed by atoms with van der Waals surface area (Å²) in [5.74, 6) is -0.963. The summed E-state index contributed by atoms with van der Waals surface area (Å²) in [6.07, 6.45) is -12.4. The number of allylic oxidation sites excluding steroid dienone is 1. The highest BCUT2D eigenvalue weighted by atomic mass is 16.7.